The van der Waals surface area contributed by atoms with Crippen LogP contribution in [0.1, 0.15) is 41.4 Å². The van der Waals surface area contributed by atoms with E-state index in [0.29, 0.717) is 0 Å². The molecule has 2 N–H and O–H groups in total. The zero-order valence-electron chi connectivity index (χ0n) is 19.5. The quantitative estimate of drug-likeness (QED) is 0.549. The van der Waals surface area contributed by atoms with Gasteiger partial charge in [0, 0.05) is 25.1 Å². The van der Waals surface area contributed by atoms with Gasteiger partial charge in [-0.1, -0.05) is 55.5 Å². The van der Waals surface area contributed by atoms with Crippen molar-refractivity contribution in [3.8, 4) is 11.1 Å². The Morgan fingerprint density at radius 2 is 1.71 bits per heavy atom. The van der Waals surface area contributed by atoms with Gasteiger partial charge in [0.1, 0.15) is 6.61 Å². The van der Waals surface area contributed by atoms with Gasteiger partial charge in [-0.2, -0.15) is 0 Å². The molecule has 2 aromatic carbocycles. The second-order valence-electron chi connectivity index (χ2n) is 9.42. The number of hydrogen-bond acceptors (Lipinski definition) is 5. The fourth-order valence-corrected chi connectivity index (χ4v) is 5.04. The van der Waals surface area contributed by atoms with Gasteiger partial charge in [0.25, 0.3) is 5.91 Å². The number of ether oxygens (including phenoxy) is 1. The number of amides is 2. The number of likely N-dealkylation sites (tertiary alicyclic amines) is 1. The summed E-state index contributed by atoms with van der Waals surface area (Å²) in [5.41, 5.74) is 3.61. The van der Waals surface area contributed by atoms with Crippen molar-refractivity contribution in [2.24, 2.45) is 11.3 Å². The number of aliphatic carboxylic acids is 1. The Labute approximate surface area is 202 Å². The van der Waals surface area contributed by atoms with E-state index < -0.39 is 23.4 Å². The molecule has 3 aromatic rings. The van der Waals surface area contributed by atoms with Crippen molar-refractivity contribution in [2.45, 2.75) is 19.8 Å². The van der Waals surface area contributed by atoms with Gasteiger partial charge >= 0.3 is 12.1 Å². The van der Waals surface area contributed by atoms with Gasteiger partial charge in [-0.05, 0) is 35.1 Å². The third kappa shape index (κ3) is 3.84. The van der Waals surface area contributed by atoms with Crippen LogP contribution in [0.2, 0.25) is 0 Å². The summed E-state index contributed by atoms with van der Waals surface area (Å²) >= 11 is 0. The molecular weight excluding hydrogens is 448 g/mol. The lowest BCUT2D eigenvalue weighted by atomic mass is 9.81. The lowest BCUT2D eigenvalue weighted by Crippen LogP contribution is -2.36. The summed E-state index contributed by atoms with van der Waals surface area (Å²) in [6, 6.07) is 17.6. The molecule has 180 valence electrons. The summed E-state index contributed by atoms with van der Waals surface area (Å²) in [7, 11) is 0. The van der Waals surface area contributed by atoms with Crippen molar-refractivity contribution in [3.05, 3.63) is 77.7 Å². The Morgan fingerprint density at radius 1 is 1.09 bits per heavy atom. The average molecular weight is 475 g/mol. The maximum absolute atomic E-state index is 13.1. The molecule has 1 aliphatic carbocycles. The normalized spacial score (nSPS) is 20.9. The van der Waals surface area contributed by atoms with Crippen LogP contribution in [0.15, 0.2) is 65.3 Å². The monoisotopic (exact) mass is 474 g/mol. The van der Waals surface area contributed by atoms with Crippen molar-refractivity contribution in [1.29, 1.82) is 0 Å². The van der Waals surface area contributed by atoms with Crippen LogP contribution in [0.25, 0.3) is 11.1 Å². The van der Waals surface area contributed by atoms with Gasteiger partial charge in [-0.25, -0.2) is 4.79 Å². The predicted molar refractivity (Wildman–Crippen MR) is 128 cm³/mol. The molecule has 2 aliphatic rings. The number of nitrogens with one attached hydrogen (secondary N) is 1. The number of anilines is 1. The standard InChI is InChI=1S/C27H26N2O6/c1-16-13-29(15-27(16,2)25(31)32)24(30)23-22(11-12-34-23)28-26(33)35-14-21-19-9-5-3-7-17(19)18-8-4-6-10-20(18)21/h3-12,16,21H,13-15H2,1-2H3,(H,28,33)(H,31,32)/t16-,27-/m0/s1. The van der Waals surface area contributed by atoms with Crippen LogP contribution in [0, 0.1) is 11.3 Å². The highest BCUT2D eigenvalue weighted by atomic mass is 16.5. The fraction of sp³-hybridized carbons (Fsp3) is 0.296. The van der Waals surface area contributed by atoms with E-state index in [9.17, 15) is 19.5 Å². The van der Waals surface area contributed by atoms with Crippen LogP contribution in [0.5, 0.6) is 0 Å². The number of carbonyl (C=O) groups excluding carboxylic acids is 2. The molecule has 1 saturated heterocycles. The molecule has 0 unspecified atom stereocenters. The number of nitrogens with zero attached hydrogens (tertiary/aromatic N) is 1. The molecule has 2 heterocycles. The minimum absolute atomic E-state index is 0.0552. The number of fused-ring (bicyclic) bond motifs is 3. The summed E-state index contributed by atoms with van der Waals surface area (Å²) in [5, 5.41) is 12.2. The van der Waals surface area contributed by atoms with Crippen molar-refractivity contribution in [2.75, 3.05) is 25.0 Å². The summed E-state index contributed by atoms with van der Waals surface area (Å²) in [6.45, 7) is 3.92. The number of rotatable bonds is 5. The summed E-state index contributed by atoms with van der Waals surface area (Å²) in [4.78, 5) is 38.9. The molecule has 35 heavy (non-hydrogen) atoms. The zero-order chi connectivity index (χ0) is 24.7. The van der Waals surface area contributed by atoms with Crippen LogP contribution in [-0.4, -0.2) is 47.7 Å². The van der Waals surface area contributed by atoms with Gasteiger partial charge < -0.3 is 19.2 Å². The molecular formula is C27H26N2O6. The van der Waals surface area contributed by atoms with Crippen molar-refractivity contribution < 1.29 is 28.6 Å². The van der Waals surface area contributed by atoms with E-state index in [-0.39, 0.29) is 43.0 Å². The maximum Gasteiger partial charge on any atom is 0.411 e. The number of carboxylic acids is 1. The summed E-state index contributed by atoms with van der Waals surface area (Å²) in [5.74, 6) is -1.78. The maximum atomic E-state index is 13.1. The van der Waals surface area contributed by atoms with Crippen molar-refractivity contribution in [1.82, 2.24) is 4.90 Å². The summed E-state index contributed by atoms with van der Waals surface area (Å²) < 4.78 is 10.9. The lowest BCUT2D eigenvalue weighted by Gasteiger charge is -2.22. The molecule has 2 amide bonds. The largest absolute Gasteiger partial charge is 0.481 e. The molecule has 8 nitrogen and oxygen atoms in total. The van der Waals surface area contributed by atoms with Crippen LogP contribution >= 0.6 is 0 Å². The first-order chi connectivity index (χ1) is 16.8. The molecule has 0 radical (unpaired) electrons. The zero-order valence-corrected chi connectivity index (χ0v) is 19.5. The van der Waals surface area contributed by atoms with Gasteiger partial charge in [0.2, 0.25) is 5.76 Å². The summed E-state index contributed by atoms with van der Waals surface area (Å²) in [6.07, 6.45) is 0.606. The van der Waals surface area contributed by atoms with Gasteiger partial charge in [0.15, 0.2) is 0 Å². The lowest BCUT2D eigenvalue weighted by molar-refractivity contribution is -0.148. The molecule has 2 atom stereocenters. The van der Waals surface area contributed by atoms with E-state index in [1.807, 2.05) is 36.4 Å². The van der Waals surface area contributed by atoms with E-state index >= 15 is 0 Å². The van der Waals surface area contributed by atoms with E-state index in [0.717, 1.165) is 22.3 Å². The molecule has 5 rings (SSSR count). The Kier molecular flexibility index (Phi) is 5.59. The highest BCUT2D eigenvalue weighted by molar-refractivity contribution is 6.00. The van der Waals surface area contributed by atoms with E-state index in [2.05, 4.69) is 17.4 Å². The second-order valence-corrected chi connectivity index (χ2v) is 9.42. The van der Waals surface area contributed by atoms with Crippen molar-refractivity contribution >= 4 is 23.7 Å². The first kappa shape index (κ1) is 22.7. The van der Waals surface area contributed by atoms with Gasteiger partial charge in [-0.15, -0.1) is 0 Å². The molecule has 1 aliphatic heterocycles. The third-order valence-electron chi connectivity index (χ3n) is 7.32. The Morgan fingerprint density at radius 3 is 2.31 bits per heavy atom. The van der Waals surface area contributed by atoms with Crippen LogP contribution < -0.4 is 5.32 Å². The highest BCUT2D eigenvalue weighted by Crippen LogP contribution is 2.44. The average Bonchev–Trinajstić information content (AvgIpc) is 3.52. The minimum atomic E-state index is -1.04. The Hall–Kier alpha value is -4.07. The fourth-order valence-electron chi connectivity index (χ4n) is 5.04. The van der Waals surface area contributed by atoms with Crippen LogP contribution in [0.3, 0.4) is 0 Å². The van der Waals surface area contributed by atoms with Crippen molar-refractivity contribution in [3.63, 3.8) is 0 Å². The SMILES string of the molecule is C[C@H]1CN(C(=O)c2occc2NC(=O)OCC2c3ccccc3-c3ccccc32)C[C@]1(C)C(=O)O. The van der Waals surface area contributed by atoms with Crippen LogP contribution in [-0.2, 0) is 9.53 Å². The van der Waals surface area contributed by atoms with Gasteiger partial charge in [-0.3, -0.25) is 14.9 Å². The third-order valence-corrected chi connectivity index (χ3v) is 7.32. The molecule has 1 fully saturated rings. The number of carboxylic acid groups (broad SMARTS) is 1. The first-order valence-electron chi connectivity index (χ1n) is 11.5. The minimum Gasteiger partial charge on any atom is -0.481 e. The number of furan rings is 1. The van der Waals surface area contributed by atoms with Gasteiger partial charge in [0.05, 0.1) is 17.4 Å². The molecule has 8 heteroatoms. The molecule has 0 bridgehead atoms. The number of hydrogen-bond donors (Lipinski definition) is 2. The van der Waals surface area contributed by atoms with E-state index in [1.165, 1.54) is 17.2 Å². The highest BCUT2D eigenvalue weighted by Gasteiger charge is 2.48. The van der Waals surface area contributed by atoms with E-state index in [4.69, 9.17) is 9.15 Å². The smallest absolute Gasteiger partial charge is 0.411 e. The molecule has 0 saturated carbocycles. The molecule has 0 spiro atoms. The first-order valence-corrected chi connectivity index (χ1v) is 11.5. The number of benzene rings is 2. The van der Waals surface area contributed by atoms with E-state index in [1.54, 1.807) is 13.8 Å². The Balaban J connectivity index is 1.26. The number of carbonyl (C=O) groups is 3. The Bertz CT molecular complexity index is 1270. The second kappa shape index (κ2) is 8.61. The predicted octanol–water partition coefficient (Wildman–Crippen LogP) is 4.82. The molecule has 1 aromatic heterocycles. The van der Waals surface area contributed by atoms with Crippen LogP contribution in [0.4, 0.5) is 10.5 Å². The topological polar surface area (TPSA) is 109 Å².